The summed E-state index contributed by atoms with van der Waals surface area (Å²) in [5.74, 6) is 1.16. The number of ether oxygens (including phenoxy) is 2. The lowest BCUT2D eigenvalue weighted by Crippen LogP contribution is -2.55. The van der Waals surface area contributed by atoms with Crippen molar-refractivity contribution in [1.82, 2.24) is 20.0 Å². The number of carbonyl (C=O) groups excluding carboxylic acids is 1. The molecule has 1 aliphatic carbocycles. The fourth-order valence-corrected chi connectivity index (χ4v) is 4.35. The van der Waals surface area contributed by atoms with Crippen molar-refractivity contribution in [2.24, 2.45) is 4.99 Å². The van der Waals surface area contributed by atoms with Crippen molar-refractivity contribution < 1.29 is 14.3 Å². The van der Waals surface area contributed by atoms with Crippen LogP contribution in [0.5, 0.6) is 0 Å². The first-order chi connectivity index (χ1) is 14.3. The van der Waals surface area contributed by atoms with Crippen molar-refractivity contribution in [2.45, 2.75) is 44.6 Å². The maximum absolute atomic E-state index is 12.4. The Hall–Kier alpha value is -0.650. The van der Waals surface area contributed by atoms with E-state index in [0.29, 0.717) is 25.9 Å². The number of hydrogen-bond donors (Lipinski definition) is 1. The maximum atomic E-state index is 12.4. The number of halogens is 1. The van der Waals surface area contributed by atoms with Crippen molar-refractivity contribution >= 4 is 35.8 Å². The predicted octanol–water partition coefficient (Wildman–Crippen LogP) is 1.40. The first-order valence-electron chi connectivity index (χ1n) is 11.4. The Morgan fingerprint density at radius 2 is 1.67 bits per heavy atom. The number of piperazine rings is 1. The molecular weight excluding hydrogens is 497 g/mol. The highest BCUT2D eigenvalue weighted by Crippen LogP contribution is 2.19. The molecule has 0 atom stereocenters. The SMILES string of the molecule is CN=C(NCCOC1CCCCCC1)N1CCN(CC(=O)N2CCOCC2)CC1.I. The van der Waals surface area contributed by atoms with Gasteiger partial charge in [-0.2, -0.15) is 0 Å². The molecule has 0 aromatic carbocycles. The Labute approximate surface area is 198 Å². The Balaban J connectivity index is 0.00000320. The van der Waals surface area contributed by atoms with Crippen LogP contribution in [-0.4, -0.2) is 112 Å². The van der Waals surface area contributed by atoms with Gasteiger partial charge in [-0.1, -0.05) is 25.7 Å². The van der Waals surface area contributed by atoms with Crippen molar-refractivity contribution in [2.75, 3.05) is 79.2 Å². The molecule has 0 bridgehead atoms. The van der Waals surface area contributed by atoms with E-state index in [1.54, 1.807) is 0 Å². The summed E-state index contributed by atoms with van der Waals surface area (Å²) in [5.41, 5.74) is 0. The molecule has 2 aliphatic heterocycles. The normalized spacial score (nSPS) is 22.4. The molecule has 1 saturated carbocycles. The number of nitrogens with one attached hydrogen (secondary N) is 1. The molecule has 30 heavy (non-hydrogen) atoms. The quantitative estimate of drug-likeness (QED) is 0.182. The second-order valence-electron chi connectivity index (χ2n) is 8.21. The van der Waals surface area contributed by atoms with Crippen LogP contribution in [0.15, 0.2) is 4.99 Å². The minimum Gasteiger partial charge on any atom is -0.378 e. The van der Waals surface area contributed by atoms with Gasteiger partial charge in [0.25, 0.3) is 0 Å². The fraction of sp³-hybridized carbons (Fsp3) is 0.905. The minimum absolute atomic E-state index is 0. The monoisotopic (exact) mass is 537 g/mol. The first-order valence-corrected chi connectivity index (χ1v) is 11.4. The van der Waals surface area contributed by atoms with Crippen molar-refractivity contribution in [3.63, 3.8) is 0 Å². The zero-order valence-electron chi connectivity index (χ0n) is 18.5. The number of morpholine rings is 1. The number of guanidine groups is 1. The van der Waals surface area contributed by atoms with Gasteiger partial charge >= 0.3 is 0 Å². The highest BCUT2D eigenvalue weighted by molar-refractivity contribution is 14.0. The molecule has 0 aromatic heterocycles. The van der Waals surface area contributed by atoms with Gasteiger partial charge in [0.05, 0.1) is 32.5 Å². The summed E-state index contributed by atoms with van der Waals surface area (Å²) in [4.78, 5) is 23.3. The van der Waals surface area contributed by atoms with Gasteiger partial charge < -0.3 is 24.6 Å². The van der Waals surface area contributed by atoms with Crippen LogP contribution in [0.4, 0.5) is 0 Å². The molecule has 0 aromatic rings. The molecule has 1 N–H and O–H groups in total. The van der Waals surface area contributed by atoms with Crippen LogP contribution in [0.2, 0.25) is 0 Å². The molecule has 3 fully saturated rings. The van der Waals surface area contributed by atoms with Crippen LogP contribution in [-0.2, 0) is 14.3 Å². The van der Waals surface area contributed by atoms with Crippen molar-refractivity contribution in [3.05, 3.63) is 0 Å². The third-order valence-corrected chi connectivity index (χ3v) is 6.15. The van der Waals surface area contributed by atoms with Crippen LogP contribution in [0.1, 0.15) is 38.5 Å². The molecule has 0 radical (unpaired) electrons. The highest BCUT2D eigenvalue weighted by Gasteiger charge is 2.24. The summed E-state index contributed by atoms with van der Waals surface area (Å²) in [6.07, 6.45) is 8.17. The summed E-state index contributed by atoms with van der Waals surface area (Å²) < 4.78 is 11.4. The standard InChI is InChI=1S/C21H39N5O3.HI/c1-22-21(23-8-15-29-19-6-4-2-3-5-7-19)26-11-9-24(10-12-26)18-20(27)25-13-16-28-17-14-25;/h19H,2-18H2,1H3,(H,22,23);1H. The molecule has 0 spiro atoms. The van der Waals surface area contributed by atoms with E-state index < -0.39 is 0 Å². The van der Waals surface area contributed by atoms with Crippen LogP contribution in [0, 0.1) is 0 Å². The first kappa shape index (κ1) is 25.6. The lowest BCUT2D eigenvalue weighted by molar-refractivity contribution is -0.136. The molecule has 1 amide bonds. The number of hydrogen-bond acceptors (Lipinski definition) is 5. The second kappa shape index (κ2) is 14.4. The smallest absolute Gasteiger partial charge is 0.236 e. The maximum Gasteiger partial charge on any atom is 0.236 e. The van der Waals surface area contributed by atoms with Gasteiger partial charge in [0.1, 0.15) is 0 Å². The van der Waals surface area contributed by atoms with E-state index in [9.17, 15) is 4.79 Å². The largest absolute Gasteiger partial charge is 0.378 e. The van der Waals surface area contributed by atoms with Crippen LogP contribution in [0.3, 0.4) is 0 Å². The lowest BCUT2D eigenvalue weighted by Gasteiger charge is -2.37. The van der Waals surface area contributed by atoms with E-state index in [1.807, 2.05) is 11.9 Å². The molecule has 0 unspecified atom stereocenters. The molecule has 174 valence electrons. The van der Waals surface area contributed by atoms with E-state index in [1.165, 1.54) is 38.5 Å². The number of nitrogens with zero attached hydrogens (tertiary/aromatic N) is 4. The zero-order chi connectivity index (χ0) is 20.3. The van der Waals surface area contributed by atoms with Crippen LogP contribution < -0.4 is 5.32 Å². The van der Waals surface area contributed by atoms with E-state index in [-0.39, 0.29) is 29.9 Å². The second-order valence-corrected chi connectivity index (χ2v) is 8.21. The van der Waals surface area contributed by atoms with E-state index in [2.05, 4.69) is 20.1 Å². The predicted molar refractivity (Wildman–Crippen MR) is 130 cm³/mol. The van der Waals surface area contributed by atoms with Crippen molar-refractivity contribution in [3.8, 4) is 0 Å². The summed E-state index contributed by atoms with van der Waals surface area (Å²) in [5, 5.41) is 3.45. The molecule has 2 heterocycles. The third-order valence-electron chi connectivity index (χ3n) is 6.15. The Morgan fingerprint density at radius 3 is 2.30 bits per heavy atom. The van der Waals surface area contributed by atoms with Gasteiger partial charge in [-0.25, -0.2) is 0 Å². The number of rotatable bonds is 6. The van der Waals surface area contributed by atoms with Gasteiger partial charge in [0.15, 0.2) is 5.96 Å². The molecular formula is C21H40IN5O3. The fourth-order valence-electron chi connectivity index (χ4n) is 4.35. The van der Waals surface area contributed by atoms with Crippen molar-refractivity contribution in [1.29, 1.82) is 0 Å². The number of aliphatic imine (C=N–C) groups is 1. The average molecular weight is 537 g/mol. The highest BCUT2D eigenvalue weighted by atomic mass is 127. The molecule has 8 nitrogen and oxygen atoms in total. The number of carbonyl (C=O) groups is 1. The summed E-state index contributed by atoms with van der Waals surface area (Å²) >= 11 is 0. The Kier molecular flexibility index (Phi) is 12.3. The van der Waals surface area contributed by atoms with Gasteiger partial charge in [-0.3, -0.25) is 14.7 Å². The summed E-state index contributed by atoms with van der Waals surface area (Å²) in [7, 11) is 1.84. The van der Waals surface area contributed by atoms with Crippen LogP contribution in [0.25, 0.3) is 0 Å². The van der Waals surface area contributed by atoms with Gasteiger partial charge in [-0.15, -0.1) is 24.0 Å². The third kappa shape index (κ3) is 8.47. The van der Waals surface area contributed by atoms with Gasteiger partial charge in [0.2, 0.25) is 5.91 Å². The Bertz CT molecular complexity index is 515. The van der Waals surface area contributed by atoms with E-state index in [4.69, 9.17) is 9.47 Å². The van der Waals surface area contributed by atoms with E-state index in [0.717, 1.165) is 58.4 Å². The van der Waals surface area contributed by atoms with E-state index >= 15 is 0 Å². The molecule has 3 aliphatic rings. The van der Waals surface area contributed by atoms with Gasteiger partial charge in [-0.05, 0) is 12.8 Å². The van der Waals surface area contributed by atoms with Crippen LogP contribution >= 0.6 is 24.0 Å². The summed E-state index contributed by atoms with van der Waals surface area (Å²) in [6.45, 7) is 8.34. The molecule has 2 saturated heterocycles. The Morgan fingerprint density at radius 1 is 1.00 bits per heavy atom. The summed E-state index contributed by atoms with van der Waals surface area (Å²) in [6, 6.07) is 0. The van der Waals surface area contributed by atoms with Gasteiger partial charge in [0, 0.05) is 52.9 Å². The number of amides is 1. The minimum atomic E-state index is 0. The molecule has 9 heteroatoms. The zero-order valence-corrected chi connectivity index (χ0v) is 20.9. The topological polar surface area (TPSA) is 69.6 Å². The average Bonchev–Trinajstić information content (AvgIpc) is 3.04. The lowest BCUT2D eigenvalue weighted by atomic mass is 10.1. The molecule has 3 rings (SSSR count).